The minimum atomic E-state index is -0.475. The van der Waals surface area contributed by atoms with Gasteiger partial charge in [0.1, 0.15) is 18.2 Å². The van der Waals surface area contributed by atoms with Crippen LogP contribution in [0.4, 0.5) is 5.69 Å². The van der Waals surface area contributed by atoms with Gasteiger partial charge in [-0.3, -0.25) is 4.79 Å². The van der Waals surface area contributed by atoms with E-state index < -0.39 is 5.91 Å². The summed E-state index contributed by atoms with van der Waals surface area (Å²) in [5.74, 6) is 0.569. The highest BCUT2D eigenvalue weighted by Gasteiger charge is 2.15. The molecule has 5 nitrogen and oxygen atoms in total. The molecule has 3 aromatic rings. The third-order valence-electron chi connectivity index (χ3n) is 4.82. The Bertz CT molecular complexity index is 1190. The molecule has 0 aliphatic heterocycles. The summed E-state index contributed by atoms with van der Waals surface area (Å²) in [6.07, 6.45) is 1.52. The Morgan fingerprint density at radius 3 is 2.50 bits per heavy atom. The number of carbonyl (C=O) groups is 1. The molecule has 0 heterocycles. The summed E-state index contributed by atoms with van der Waals surface area (Å²) in [5.41, 5.74) is 4.41. The lowest BCUT2D eigenvalue weighted by Crippen LogP contribution is -2.14. The van der Waals surface area contributed by atoms with Crippen molar-refractivity contribution in [3.05, 3.63) is 93.0 Å². The van der Waals surface area contributed by atoms with E-state index in [1.54, 1.807) is 25.3 Å². The van der Waals surface area contributed by atoms with E-state index in [-0.39, 0.29) is 5.57 Å². The summed E-state index contributed by atoms with van der Waals surface area (Å²) < 4.78 is 12.1. The van der Waals surface area contributed by atoms with E-state index in [1.807, 2.05) is 62.4 Å². The average Bonchev–Trinajstić information content (AvgIpc) is 2.79. The molecule has 1 N–H and O–H groups in total. The lowest BCUT2D eigenvalue weighted by molar-refractivity contribution is -0.112. The second-order valence-electron chi connectivity index (χ2n) is 7.25. The first-order valence-electron chi connectivity index (χ1n) is 9.96. The maximum atomic E-state index is 12.6. The van der Waals surface area contributed by atoms with Crippen LogP contribution in [0.2, 0.25) is 0 Å². The Kier molecular flexibility index (Phi) is 7.69. The number of benzene rings is 3. The molecular weight excluding hydrogens is 468 g/mol. The van der Waals surface area contributed by atoms with Gasteiger partial charge in [0, 0.05) is 5.69 Å². The summed E-state index contributed by atoms with van der Waals surface area (Å²) in [7, 11) is 1.55. The Morgan fingerprint density at radius 2 is 1.84 bits per heavy atom. The highest BCUT2D eigenvalue weighted by molar-refractivity contribution is 9.10. The zero-order valence-electron chi connectivity index (χ0n) is 18.1. The molecule has 0 aliphatic rings. The van der Waals surface area contributed by atoms with Crippen LogP contribution in [0.5, 0.6) is 11.5 Å². The Labute approximate surface area is 196 Å². The molecule has 0 aliphatic carbocycles. The number of halogens is 1. The molecule has 0 saturated carbocycles. The molecule has 6 heteroatoms. The number of amides is 1. The van der Waals surface area contributed by atoms with Crippen molar-refractivity contribution < 1.29 is 14.3 Å². The summed E-state index contributed by atoms with van der Waals surface area (Å²) in [6, 6.07) is 21.0. The van der Waals surface area contributed by atoms with Crippen molar-refractivity contribution in [2.45, 2.75) is 20.5 Å². The lowest BCUT2D eigenvalue weighted by atomic mass is 10.1. The zero-order chi connectivity index (χ0) is 23.1. The predicted molar refractivity (Wildman–Crippen MR) is 130 cm³/mol. The minimum absolute atomic E-state index is 0.0180. The van der Waals surface area contributed by atoms with Crippen molar-refractivity contribution >= 4 is 33.6 Å². The van der Waals surface area contributed by atoms with E-state index in [4.69, 9.17) is 9.47 Å². The van der Waals surface area contributed by atoms with Crippen LogP contribution in [-0.2, 0) is 11.4 Å². The Hall–Kier alpha value is -3.56. The van der Waals surface area contributed by atoms with Crippen LogP contribution >= 0.6 is 15.9 Å². The van der Waals surface area contributed by atoms with Crippen LogP contribution in [0.1, 0.15) is 22.3 Å². The molecule has 3 rings (SSSR count). The number of hydrogen-bond acceptors (Lipinski definition) is 4. The molecule has 0 aromatic heterocycles. The number of aryl methyl sites for hydroxylation is 2. The van der Waals surface area contributed by atoms with E-state index in [0.29, 0.717) is 33.8 Å². The summed E-state index contributed by atoms with van der Waals surface area (Å²) in [6.45, 7) is 4.31. The lowest BCUT2D eigenvalue weighted by Gasteiger charge is -2.14. The molecule has 0 bridgehead atoms. The van der Waals surface area contributed by atoms with Crippen LogP contribution < -0.4 is 14.8 Å². The molecule has 3 aromatic carbocycles. The number of ether oxygens (including phenoxy) is 2. The van der Waals surface area contributed by atoms with Crippen molar-refractivity contribution in [2.24, 2.45) is 0 Å². The number of rotatable bonds is 7. The SMILES string of the molecule is COc1cc(/C=C(/C#N)C(=O)Nc2ccccc2C)cc(Br)c1OCc1ccc(C)cc1. The molecule has 162 valence electrons. The fourth-order valence-corrected chi connectivity index (χ4v) is 3.60. The maximum Gasteiger partial charge on any atom is 0.266 e. The van der Waals surface area contributed by atoms with Gasteiger partial charge in [-0.2, -0.15) is 5.26 Å². The zero-order valence-corrected chi connectivity index (χ0v) is 19.7. The van der Waals surface area contributed by atoms with E-state index >= 15 is 0 Å². The van der Waals surface area contributed by atoms with Crippen LogP contribution in [0.25, 0.3) is 6.08 Å². The summed E-state index contributed by atoms with van der Waals surface area (Å²) in [5, 5.41) is 12.3. The van der Waals surface area contributed by atoms with Crippen molar-refractivity contribution in [2.75, 3.05) is 12.4 Å². The van der Waals surface area contributed by atoms with Crippen molar-refractivity contribution in [3.63, 3.8) is 0 Å². The van der Waals surface area contributed by atoms with Crippen molar-refractivity contribution in [1.29, 1.82) is 5.26 Å². The van der Waals surface area contributed by atoms with Crippen LogP contribution in [0, 0.1) is 25.2 Å². The third kappa shape index (κ3) is 5.77. The number of hydrogen-bond donors (Lipinski definition) is 1. The van der Waals surface area contributed by atoms with Crippen molar-refractivity contribution in [1.82, 2.24) is 0 Å². The van der Waals surface area contributed by atoms with Crippen LogP contribution in [0.15, 0.2) is 70.7 Å². The Balaban J connectivity index is 1.82. The van der Waals surface area contributed by atoms with Gasteiger partial charge in [0.15, 0.2) is 11.5 Å². The van der Waals surface area contributed by atoms with Gasteiger partial charge >= 0.3 is 0 Å². The maximum absolute atomic E-state index is 12.6. The van der Waals surface area contributed by atoms with E-state index in [0.717, 1.165) is 11.1 Å². The molecule has 0 atom stereocenters. The molecule has 1 amide bonds. The van der Waals surface area contributed by atoms with Gasteiger partial charge in [0.05, 0.1) is 11.6 Å². The van der Waals surface area contributed by atoms with Crippen LogP contribution in [0.3, 0.4) is 0 Å². The highest BCUT2D eigenvalue weighted by Crippen LogP contribution is 2.37. The number of nitrogens with one attached hydrogen (secondary N) is 1. The molecule has 0 spiro atoms. The number of nitriles is 1. The largest absolute Gasteiger partial charge is 0.493 e. The fourth-order valence-electron chi connectivity index (χ4n) is 3.02. The van der Waals surface area contributed by atoms with E-state index in [9.17, 15) is 10.1 Å². The van der Waals surface area contributed by atoms with Gasteiger partial charge in [0.2, 0.25) is 0 Å². The first-order valence-corrected chi connectivity index (χ1v) is 10.7. The number of carbonyl (C=O) groups excluding carboxylic acids is 1. The number of para-hydroxylation sites is 1. The summed E-state index contributed by atoms with van der Waals surface area (Å²) >= 11 is 3.52. The number of methoxy groups -OCH3 is 1. The monoisotopic (exact) mass is 490 g/mol. The van der Waals surface area contributed by atoms with Gasteiger partial charge < -0.3 is 14.8 Å². The third-order valence-corrected chi connectivity index (χ3v) is 5.41. The first-order chi connectivity index (χ1) is 15.4. The molecule has 0 fully saturated rings. The standard InChI is InChI=1S/C26H23BrN2O3/c1-17-8-10-19(11-9-17)16-32-25-22(27)13-20(14-24(25)31-3)12-21(15-28)26(30)29-23-7-5-4-6-18(23)2/h4-14H,16H2,1-3H3,(H,29,30)/b21-12-. The van der Waals surface area contributed by atoms with Gasteiger partial charge in [-0.25, -0.2) is 0 Å². The topological polar surface area (TPSA) is 71.3 Å². The van der Waals surface area contributed by atoms with E-state index in [1.165, 1.54) is 11.6 Å². The van der Waals surface area contributed by atoms with Gasteiger partial charge in [-0.1, -0.05) is 48.0 Å². The highest BCUT2D eigenvalue weighted by atomic mass is 79.9. The predicted octanol–water partition coefficient (Wildman–Crippen LogP) is 6.20. The fraction of sp³-hybridized carbons (Fsp3) is 0.154. The van der Waals surface area contributed by atoms with Gasteiger partial charge in [-0.05, 0) is 70.7 Å². The number of nitrogens with zero attached hydrogens (tertiary/aromatic N) is 1. The van der Waals surface area contributed by atoms with Crippen molar-refractivity contribution in [3.8, 4) is 17.6 Å². The number of anilines is 1. The second kappa shape index (κ2) is 10.7. The normalized spacial score (nSPS) is 10.9. The smallest absolute Gasteiger partial charge is 0.266 e. The Morgan fingerprint density at radius 1 is 1.12 bits per heavy atom. The molecule has 32 heavy (non-hydrogen) atoms. The second-order valence-corrected chi connectivity index (χ2v) is 8.10. The van der Waals surface area contributed by atoms with Gasteiger partial charge in [-0.15, -0.1) is 0 Å². The quantitative estimate of drug-likeness (QED) is 0.316. The molecule has 0 radical (unpaired) electrons. The molecule has 0 saturated heterocycles. The first kappa shape index (κ1) is 23.1. The molecular formula is C26H23BrN2O3. The van der Waals surface area contributed by atoms with Gasteiger partial charge in [0.25, 0.3) is 5.91 Å². The summed E-state index contributed by atoms with van der Waals surface area (Å²) in [4.78, 5) is 12.6. The average molecular weight is 491 g/mol. The molecule has 0 unspecified atom stereocenters. The van der Waals surface area contributed by atoms with Crippen LogP contribution in [-0.4, -0.2) is 13.0 Å². The minimum Gasteiger partial charge on any atom is -0.493 e. The van der Waals surface area contributed by atoms with E-state index in [2.05, 4.69) is 21.2 Å².